The molecule has 0 aliphatic heterocycles. The Hall–Kier alpha value is -2.45. The van der Waals surface area contributed by atoms with E-state index in [0.717, 1.165) is 18.2 Å². The highest BCUT2D eigenvalue weighted by Gasteiger charge is 2.16. The molecule has 0 saturated heterocycles. The number of primary sulfonamides is 1. The lowest BCUT2D eigenvalue weighted by Gasteiger charge is -2.11. The highest BCUT2D eigenvalue weighted by Crippen LogP contribution is 2.21. The van der Waals surface area contributed by atoms with Gasteiger partial charge in [0.25, 0.3) is 0 Å². The number of carbonyl (C=O) groups is 1. The molecular formula is C13H12FN3O3S. The van der Waals surface area contributed by atoms with E-state index in [1.807, 2.05) is 0 Å². The van der Waals surface area contributed by atoms with Gasteiger partial charge in [-0.1, -0.05) is 18.2 Å². The topological polar surface area (TPSA) is 101 Å². The number of nitrogens with one attached hydrogen (secondary N) is 2. The number of rotatable bonds is 3. The Balaban J connectivity index is 2.23. The molecule has 0 bridgehead atoms. The molecule has 21 heavy (non-hydrogen) atoms. The number of nitrogens with two attached hydrogens (primary N) is 1. The van der Waals surface area contributed by atoms with Crippen LogP contribution in [0.25, 0.3) is 0 Å². The maximum absolute atomic E-state index is 13.2. The number of anilines is 2. The molecule has 0 saturated carbocycles. The van der Waals surface area contributed by atoms with Gasteiger partial charge >= 0.3 is 6.03 Å². The SMILES string of the molecule is NS(=O)(=O)c1ccc(F)cc1NC(=O)Nc1ccccc1. The molecule has 0 aliphatic rings. The summed E-state index contributed by atoms with van der Waals surface area (Å²) < 4.78 is 36.0. The fraction of sp³-hybridized carbons (Fsp3) is 0. The summed E-state index contributed by atoms with van der Waals surface area (Å²) in [6.45, 7) is 0. The number of urea groups is 1. The third kappa shape index (κ3) is 4.01. The molecule has 0 unspecified atom stereocenters. The van der Waals surface area contributed by atoms with Gasteiger partial charge in [-0.3, -0.25) is 0 Å². The van der Waals surface area contributed by atoms with Crippen LogP contribution in [0.2, 0.25) is 0 Å². The minimum Gasteiger partial charge on any atom is -0.308 e. The zero-order valence-corrected chi connectivity index (χ0v) is 11.5. The quantitative estimate of drug-likeness (QED) is 0.809. The van der Waals surface area contributed by atoms with E-state index in [9.17, 15) is 17.6 Å². The summed E-state index contributed by atoms with van der Waals surface area (Å²) in [6, 6.07) is 10.6. The first-order valence-electron chi connectivity index (χ1n) is 5.81. The number of carbonyl (C=O) groups excluding carboxylic acids is 1. The Morgan fingerprint density at radius 2 is 1.71 bits per heavy atom. The van der Waals surface area contributed by atoms with E-state index in [-0.39, 0.29) is 10.6 Å². The van der Waals surface area contributed by atoms with Crippen LogP contribution in [0.15, 0.2) is 53.4 Å². The smallest absolute Gasteiger partial charge is 0.308 e. The molecule has 2 aromatic carbocycles. The standard InChI is InChI=1S/C13H12FN3O3S/c14-9-6-7-12(21(15,19)20)11(8-9)17-13(18)16-10-4-2-1-3-5-10/h1-8H,(H2,15,19,20)(H2,16,17,18). The summed E-state index contributed by atoms with van der Waals surface area (Å²) in [6.07, 6.45) is 0. The Bertz CT molecular complexity index is 763. The molecular weight excluding hydrogens is 297 g/mol. The molecule has 0 radical (unpaired) electrons. The minimum absolute atomic E-state index is 0.231. The van der Waals surface area contributed by atoms with Crippen LogP contribution in [0.3, 0.4) is 0 Å². The van der Waals surface area contributed by atoms with Gasteiger partial charge in [-0.2, -0.15) is 0 Å². The number of para-hydroxylation sites is 1. The molecule has 8 heteroatoms. The predicted molar refractivity (Wildman–Crippen MR) is 76.9 cm³/mol. The summed E-state index contributed by atoms with van der Waals surface area (Å²) in [7, 11) is -4.08. The largest absolute Gasteiger partial charge is 0.323 e. The highest BCUT2D eigenvalue weighted by molar-refractivity contribution is 7.89. The van der Waals surface area contributed by atoms with Crippen molar-refractivity contribution in [2.45, 2.75) is 4.90 Å². The molecule has 0 aromatic heterocycles. The van der Waals surface area contributed by atoms with Crippen LogP contribution in [-0.4, -0.2) is 14.4 Å². The van der Waals surface area contributed by atoms with E-state index in [0.29, 0.717) is 5.69 Å². The van der Waals surface area contributed by atoms with Crippen molar-refractivity contribution in [2.24, 2.45) is 5.14 Å². The number of halogens is 1. The van der Waals surface area contributed by atoms with Crippen molar-refractivity contribution < 1.29 is 17.6 Å². The average Bonchev–Trinajstić information content (AvgIpc) is 2.38. The van der Waals surface area contributed by atoms with Gasteiger partial charge in [0.2, 0.25) is 10.0 Å². The zero-order valence-electron chi connectivity index (χ0n) is 10.7. The lowest BCUT2D eigenvalue weighted by molar-refractivity contribution is 0.262. The van der Waals surface area contributed by atoms with Gasteiger partial charge < -0.3 is 10.6 Å². The van der Waals surface area contributed by atoms with E-state index in [4.69, 9.17) is 5.14 Å². The van der Waals surface area contributed by atoms with Crippen LogP contribution >= 0.6 is 0 Å². The second-order valence-electron chi connectivity index (χ2n) is 4.13. The van der Waals surface area contributed by atoms with Gasteiger partial charge in [0.1, 0.15) is 10.7 Å². The van der Waals surface area contributed by atoms with E-state index in [1.54, 1.807) is 30.3 Å². The van der Waals surface area contributed by atoms with Gasteiger partial charge in [0, 0.05) is 5.69 Å². The molecule has 0 fully saturated rings. The van der Waals surface area contributed by atoms with Crippen molar-refractivity contribution >= 4 is 27.4 Å². The fourth-order valence-electron chi connectivity index (χ4n) is 1.65. The molecule has 0 aliphatic carbocycles. The second-order valence-corrected chi connectivity index (χ2v) is 5.66. The third-order valence-corrected chi connectivity index (χ3v) is 3.50. The molecule has 0 spiro atoms. The molecule has 0 atom stereocenters. The van der Waals surface area contributed by atoms with Gasteiger partial charge in [0.05, 0.1) is 5.69 Å². The lowest BCUT2D eigenvalue weighted by Crippen LogP contribution is -2.22. The van der Waals surface area contributed by atoms with Crippen molar-refractivity contribution in [3.63, 3.8) is 0 Å². The third-order valence-electron chi connectivity index (χ3n) is 2.53. The summed E-state index contributed by atoms with van der Waals surface area (Å²) >= 11 is 0. The van der Waals surface area contributed by atoms with Crippen LogP contribution in [0.4, 0.5) is 20.6 Å². The van der Waals surface area contributed by atoms with E-state index < -0.39 is 21.9 Å². The number of hydrogen-bond donors (Lipinski definition) is 3. The predicted octanol–water partition coefficient (Wildman–Crippen LogP) is 2.12. The van der Waals surface area contributed by atoms with Gasteiger partial charge in [-0.15, -0.1) is 0 Å². The first kappa shape index (κ1) is 14.9. The first-order valence-corrected chi connectivity index (χ1v) is 7.36. The van der Waals surface area contributed by atoms with Crippen molar-refractivity contribution in [2.75, 3.05) is 10.6 Å². The van der Waals surface area contributed by atoms with Crippen LogP contribution in [0, 0.1) is 5.82 Å². The van der Waals surface area contributed by atoms with Crippen molar-refractivity contribution in [1.29, 1.82) is 0 Å². The summed E-state index contributed by atoms with van der Waals surface area (Å²) in [5, 5.41) is 9.75. The van der Waals surface area contributed by atoms with Crippen LogP contribution < -0.4 is 15.8 Å². The maximum atomic E-state index is 13.2. The number of amides is 2. The van der Waals surface area contributed by atoms with Gasteiger partial charge in [-0.25, -0.2) is 22.7 Å². The highest BCUT2D eigenvalue weighted by atomic mass is 32.2. The molecule has 2 rings (SSSR count). The molecule has 2 aromatic rings. The molecule has 0 heterocycles. The van der Waals surface area contributed by atoms with Gasteiger partial charge in [0.15, 0.2) is 0 Å². The molecule has 4 N–H and O–H groups in total. The summed E-state index contributed by atoms with van der Waals surface area (Å²) in [5.74, 6) is -0.697. The van der Waals surface area contributed by atoms with Crippen molar-refractivity contribution in [3.8, 4) is 0 Å². The Kier molecular flexibility index (Phi) is 4.20. The Morgan fingerprint density at radius 1 is 1.05 bits per heavy atom. The maximum Gasteiger partial charge on any atom is 0.323 e. The number of benzene rings is 2. The van der Waals surface area contributed by atoms with Crippen LogP contribution in [0.5, 0.6) is 0 Å². The van der Waals surface area contributed by atoms with E-state index in [1.165, 1.54) is 0 Å². The number of hydrogen-bond acceptors (Lipinski definition) is 3. The van der Waals surface area contributed by atoms with Crippen LogP contribution in [-0.2, 0) is 10.0 Å². The van der Waals surface area contributed by atoms with Crippen LogP contribution in [0.1, 0.15) is 0 Å². The molecule has 2 amide bonds. The minimum atomic E-state index is -4.08. The Labute approximate surface area is 120 Å². The van der Waals surface area contributed by atoms with Crippen molar-refractivity contribution in [3.05, 3.63) is 54.3 Å². The summed E-state index contributed by atoms with van der Waals surface area (Å²) in [4.78, 5) is 11.4. The summed E-state index contributed by atoms with van der Waals surface area (Å²) in [5.41, 5.74) is 0.273. The number of sulfonamides is 1. The molecule has 110 valence electrons. The molecule has 6 nitrogen and oxygen atoms in total. The van der Waals surface area contributed by atoms with Crippen molar-refractivity contribution in [1.82, 2.24) is 0 Å². The average molecular weight is 309 g/mol. The normalized spacial score (nSPS) is 11.0. The Morgan fingerprint density at radius 3 is 2.33 bits per heavy atom. The first-order chi connectivity index (χ1) is 9.86. The zero-order chi connectivity index (χ0) is 15.5. The van der Waals surface area contributed by atoms with E-state index >= 15 is 0 Å². The van der Waals surface area contributed by atoms with Gasteiger partial charge in [-0.05, 0) is 30.3 Å². The monoisotopic (exact) mass is 309 g/mol. The second kappa shape index (κ2) is 5.90. The lowest BCUT2D eigenvalue weighted by atomic mass is 10.3. The van der Waals surface area contributed by atoms with E-state index in [2.05, 4.69) is 10.6 Å². The fourth-order valence-corrected chi connectivity index (χ4v) is 2.33.